The first-order chi connectivity index (χ1) is 11.1. The van der Waals surface area contributed by atoms with Gasteiger partial charge in [0.2, 0.25) is 5.88 Å². The lowest BCUT2D eigenvalue weighted by Gasteiger charge is -2.13. The number of methoxy groups -OCH3 is 1. The van der Waals surface area contributed by atoms with Crippen molar-refractivity contribution in [3.05, 3.63) is 47.9 Å². The Labute approximate surface area is 135 Å². The molecule has 5 nitrogen and oxygen atoms in total. The van der Waals surface area contributed by atoms with Crippen LogP contribution in [-0.4, -0.2) is 37.2 Å². The molecule has 0 N–H and O–H groups in total. The summed E-state index contributed by atoms with van der Waals surface area (Å²) in [6, 6.07) is 8.05. The number of carbonyl (C=O) groups is 1. The van der Waals surface area contributed by atoms with Gasteiger partial charge in [0, 0.05) is 24.2 Å². The van der Waals surface area contributed by atoms with Crippen molar-refractivity contribution in [3.63, 3.8) is 0 Å². The molecule has 1 amide bonds. The van der Waals surface area contributed by atoms with E-state index in [9.17, 15) is 9.18 Å². The predicted octanol–water partition coefficient (Wildman–Crippen LogP) is 3.56. The van der Waals surface area contributed by atoms with Crippen LogP contribution in [0.15, 0.2) is 36.5 Å². The zero-order valence-electron chi connectivity index (χ0n) is 14.0. The maximum atomic E-state index is 13.8. The highest BCUT2D eigenvalue weighted by atomic mass is 19.1. The molecular weight excluding hydrogens is 299 g/mol. The Morgan fingerprint density at radius 2 is 1.78 bits per heavy atom. The molecule has 124 valence electrons. The molecule has 6 heteroatoms. The monoisotopic (exact) mass is 320 g/mol. The van der Waals surface area contributed by atoms with Gasteiger partial charge in [0.15, 0.2) is 0 Å². The lowest BCUT2D eigenvalue weighted by molar-refractivity contribution is -0.0756. The van der Waals surface area contributed by atoms with E-state index >= 15 is 0 Å². The molecule has 0 aliphatic rings. The van der Waals surface area contributed by atoms with Crippen LogP contribution in [0.3, 0.4) is 0 Å². The average molecular weight is 320 g/mol. The second-order valence-corrected chi connectivity index (χ2v) is 4.27. The van der Waals surface area contributed by atoms with Crippen LogP contribution in [0, 0.1) is 5.82 Å². The third-order valence-corrected chi connectivity index (χ3v) is 3.04. The minimum absolute atomic E-state index is 0.281. The van der Waals surface area contributed by atoms with Gasteiger partial charge in [-0.2, -0.15) is 0 Å². The number of aromatic nitrogens is 1. The Kier molecular flexibility index (Phi) is 7.15. The minimum atomic E-state index is -0.455. The van der Waals surface area contributed by atoms with Crippen molar-refractivity contribution in [1.29, 1.82) is 0 Å². The normalized spacial score (nSPS) is 9.65. The first-order valence-corrected chi connectivity index (χ1v) is 7.19. The Balaban J connectivity index is 0.00000127. The van der Waals surface area contributed by atoms with Gasteiger partial charge in [-0.25, -0.2) is 14.4 Å². The van der Waals surface area contributed by atoms with E-state index in [2.05, 4.69) is 4.98 Å². The van der Waals surface area contributed by atoms with Crippen molar-refractivity contribution in [2.24, 2.45) is 0 Å². The van der Waals surface area contributed by atoms with Crippen molar-refractivity contribution >= 4 is 5.91 Å². The lowest BCUT2D eigenvalue weighted by Crippen LogP contribution is -2.25. The maximum absolute atomic E-state index is 13.8. The summed E-state index contributed by atoms with van der Waals surface area (Å²) in [7, 11) is 4.39. The fraction of sp³-hybridized carbons (Fsp3) is 0.294. The smallest absolute Gasteiger partial charge is 0.277 e. The van der Waals surface area contributed by atoms with Gasteiger partial charge < -0.3 is 4.74 Å². The Bertz CT molecular complexity index is 645. The highest BCUT2D eigenvalue weighted by Crippen LogP contribution is 2.25. The summed E-state index contributed by atoms with van der Waals surface area (Å²) in [5.74, 6) is -0.411. The molecule has 2 aromatic rings. The van der Waals surface area contributed by atoms with Crippen LogP contribution in [0.4, 0.5) is 4.39 Å². The molecule has 1 aromatic carbocycles. The van der Waals surface area contributed by atoms with E-state index in [1.165, 1.54) is 27.3 Å². The summed E-state index contributed by atoms with van der Waals surface area (Å²) in [6.45, 7) is 4.00. The summed E-state index contributed by atoms with van der Waals surface area (Å²) in [5.41, 5.74) is 1.44. The SMILES string of the molecule is CC.COc1cc(-c2ccc(C(=O)N(C)OC)cc2)c(F)cn1. The van der Waals surface area contributed by atoms with Crippen LogP contribution in [0.1, 0.15) is 24.2 Å². The number of ether oxygens (including phenoxy) is 1. The second kappa shape index (κ2) is 8.85. The number of carbonyl (C=O) groups excluding carboxylic acids is 1. The number of rotatable bonds is 4. The minimum Gasteiger partial charge on any atom is -0.481 e. The molecule has 0 fully saturated rings. The summed E-state index contributed by atoms with van der Waals surface area (Å²) in [6.07, 6.45) is 1.10. The fourth-order valence-corrected chi connectivity index (χ4v) is 1.81. The van der Waals surface area contributed by atoms with Crippen LogP contribution in [-0.2, 0) is 4.84 Å². The van der Waals surface area contributed by atoms with Crippen molar-refractivity contribution in [1.82, 2.24) is 10.0 Å². The topological polar surface area (TPSA) is 51.7 Å². The first kappa shape index (κ1) is 18.6. The number of hydrogen-bond donors (Lipinski definition) is 0. The van der Waals surface area contributed by atoms with Crippen LogP contribution in [0.5, 0.6) is 5.88 Å². The molecule has 0 saturated heterocycles. The summed E-state index contributed by atoms with van der Waals surface area (Å²) >= 11 is 0. The molecule has 0 bridgehead atoms. The Hall–Kier alpha value is -2.47. The molecule has 0 spiro atoms. The maximum Gasteiger partial charge on any atom is 0.277 e. The number of hydroxylamine groups is 2. The lowest BCUT2D eigenvalue weighted by atomic mass is 10.0. The number of benzene rings is 1. The molecule has 2 rings (SSSR count). The first-order valence-electron chi connectivity index (χ1n) is 7.19. The Morgan fingerprint density at radius 1 is 1.17 bits per heavy atom. The second-order valence-electron chi connectivity index (χ2n) is 4.27. The third kappa shape index (κ3) is 4.50. The van der Waals surface area contributed by atoms with Crippen LogP contribution < -0.4 is 4.74 Å². The molecular formula is C17H21FN2O3. The van der Waals surface area contributed by atoms with Crippen molar-refractivity contribution in [3.8, 4) is 17.0 Å². The van der Waals surface area contributed by atoms with Crippen LogP contribution in [0.25, 0.3) is 11.1 Å². The molecule has 0 radical (unpaired) electrons. The zero-order valence-corrected chi connectivity index (χ0v) is 14.0. The van der Waals surface area contributed by atoms with Crippen molar-refractivity contribution in [2.75, 3.05) is 21.3 Å². The molecule has 0 saturated carbocycles. The number of amides is 1. The van der Waals surface area contributed by atoms with Gasteiger partial charge >= 0.3 is 0 Å². The fourth-order valence-electron chi connectivity index (χ4n) is 1.81. The molecule has 1 aromatic heterocycles. The number of nitrogens with zero attached hydrogens (tertiary/aromatic N) is 2. The van der Waals surface area contributed by atoms with E-state index < -0.39 is 5.82 Å². The largest absolute Gasteiger partial charge is 0.481 e. The van der Waals surface area contributed by atoms with Crippen LogP contribution in [0.2, 0.25) is 0 Å². The van der Waals surface area contributed by atoms with E-state index in [-0.39, 0.29) is 5.91 Å². The highest BCUT2D eigenvalue weighted by molar-refractivity contribution is 5.93. The quantitative estimate of drug-likeness (QED) is 0.808. The van der Waals surface area contributed by atoms with Gasteiger partial charge in [-0.05, 0) is 17.7 Å². The van der Waals surface area contributed by atoms with Crippen LogP contribution >= 0.6 is 0 Å². The van der Waals surface area contributed by atoms with Gasteiger partial charge in [0.1, 0.15) is 5.82 Å². The van der Waals surface area contributed by atoms with E-state index in [0.29, 0.717) is 22.6 Å². The van der Waals surface area contributed by atoms with E-state index in [4.69, 9.17) is 9.57 Å². The van der Waals surface area contributed by atoms with E-state index in [1.54, 1.807) is 24.3 Å². The standard InChI is InChI=1S/C15H15FN2O3.C2H6/c1-18(21-3)15(19)11-6-4-10(5-7-11)12-8-14(20-2)17-9-13(12)16;1-2/h4-9H,1-3H3;1-2H3. The van der Waals surface area contributed by atoms with E-state index in [1.807, 2.05) is 13.8 Å². The van der Waals surface area contributed by atoms with Gasteiger partial charge in [-0.3, -0.25) is 9.63 Å². The number of halogens is 1. The molecule has 0 aliphatic carbocycles. The molecule has 23 heavy (non-hydrogen) atoms. The van der Waals surface area contributed by atoms with Gasteiger partial charge in [0.05, 0.1) is 20.4 Å². The van der Waals surface area contributed by atoms with Gasteiger partial charge in [0.25, 0.3) is 5.91 Å². The van der Waals surface area contributed by atoms with Gasteiger partial charge in [-0.15, -0.1) is 0 Å². The van der Waals surface area contributed by atoms with Crippen molar-refractivity contribution < 1.29 is 18.8 Å². The highest BCUT2D eigenvalue weighted by Gasteiger charge is 2.12. The average Bonchev–Trinajstić information content (AvgIpc) is 2.62. The molecule has 0 atom stereocenters. The van der Waals surface area contributed by atoms with Crippen molar-refractivity contribution in [2.45, 2.75) is 13.8 Å². The Morgan fingerprint density at radius 3 is 2.30 bits per heavy atom. The van der Waals surface area contributed by atoms with Gasteiger partial charge in [-0.1, -0.05) is 26.0 Å². The predicted molar refractivity (Wildman–Crippen MR) is 86.6 cm³/mol. The summed E-state index contributed by atoms with van der Waals surface area (Å²) in [5, 5.41) is 1.12. The van der Waals surface area contributed by atoms with E-state index in [0.717, 1.165) is 11.3 Å². The summed E-state index contributed by atoms with van der Waals surface area (Å²) < 4.78 is 18.8. The molecule has 0 unspecified atom stereocenters. The molecule has 1 heterocycles. The third-order valence-electron chi connectivity index (χ3n) is 3.04. The molecule has 0 aliphatic heterocycles. The number of pyridine rings is 1. The summed E-state index contributed by atoms with van der Waals surface area (Å²) in [4.78, 5) is 20.5. The zero-order chi connectivity index (χ0) is 17.4. The number of hydrogen-bond acceptors (Lipinski definition) is 4.